The highest BCUT2D eigenvalue weighted by Gasteiger charge is 2.28. The number of carbonyl (C=O) groups is 1. The van der Waals surface area contributed by atoms with Crippen LogP contribution < -0.4 is 23.8 Å². The highest BCUT2D eigenvalue weighted by molar-refractivity contribution is 9.10. The maximum absolute atomic E-state index is 13.5. The van der Waals surface area contributed by atoms with Crippen LogP contribution in [0.4, 0.5) is 5.69 Å². The van der Waals surface area contributed by atoms with Crippen molar-refractivity contribution in [1.82, 2.24) is 5.32 Å². The number of hydrogen-bond donors (Lipinski definition) is 1. The zero-order chi connectivity index (χ0) is 25.4. The Morgan fingerprint density at radius 3 is 2.34 bits per heavy atom. The SMILES string of the molecule is COc1cccc(OCCNC(=O)CN(c2ccc(C)cc2)S(=O)(=O)c2ccc(OC)c(Br)c2)c1. The summed E-state index contributed by atoms with van der Waals surface area (Å²) in [5.74, 6) is 1.30. The lowest BCUT2D eigenvalue weighted by molar-refractivity contribution is -0.119. The molecule has 0 aliphatic heterocycles. The summed E-state index contributed by atoms with van der Waals surface area (Å²) in [6.45, 7) is 1.92. The molecule has 10 heteroatoms. The molecule has 0 heterocycles. The molecule has 0 saturated carbocycles. The first-order valence-corrected chi connectivity index (χ1v) is 12.9. The molecule has 186 valence electrons. The predicted molar refractivity (Wildman–Crippen MR) is 138 cm³/mol. The molecule has 0 aromatic heterocycles. The first-order chi connectivity index (χ1) is 16.7. The Kier molecular flexibility index (Phi) is 9.00. The summed E-state index contributed by atoms with van der Waals surface area (Å²) >= 11 is 3.33. The highest BCUT2D eigenvalue weighted by atomic mass is 79.9. The maximum atomic E-state index is 13.5. The van der Waals surface area contributed by atoms with Crippen LogP contribution in [-0.2, 0) is 14.8 Å². The molecule has 0 bridgehead atoms. The molecule has 0 fully saturated rings. The van der Waals surface area contributed by atoms with Crippen molar-refractivity contribution >= 4 is 37.5 Å². The second kappa shape index (κ2) is 11.9. The Labute approximate surface area is 214 Å². The number of benzene rings is 3. The Bertz CT molecular complexity index is 1270. The molecule has 8 nitrogen and oxygen atoms in total. The molecule has 0 aliphatic carbocycles. The number of amides is 1. The molecule has 0 radical (unpaired) electrons. The summed E-state index contributed by atoms with van der Waals surface area (Å²) in [5, 5.41) is 2.72. The topological polar surface area (TPSA) is 94.2 Å². The molecule has 0 unspecified atom stereocenters. The number of nitrogens with one attached hydrogen (secondary N) is 1. The van der Waals surface area contributed by atoms with Crippen molar-refractivity contribution in [2.75, 3.05) is 38.2 Å². The smallest absolute Gasteiger partial charge is 0.264 e. The van der Waals surface area contributed by atoms with Gasteiger partial charge in [-0.05, 0) is 65.3 Å². The fourth-order valence-electron chi connectivity index (χ4n) is 3.20. The van der Waals surface area contributed by atoms with Crippen LogP contribution in [0.3, 0.4) is 0 Å². The van der Waals surface area contributed by atoms with Gasteiger partial charge in [0.15, 0.2) is 0 Å². The van der Waals surface area contributed by atoms with Crippen molar-refractivity contribution < 1.29 is 27.4 Å². The summed E-state index contributed by atoms with van der Waals surface area (Å²) in [4.78, 5) is 12.8. The standard InChI is InChI=1S/C25H27BrN2O6S/c1-18-7-9-19(10-8-18)28(35(30,31)22-11-12-24(33-3)23(26)16-22)17-25(29)27-13-14-34-21-6-4-5-20(15-21)32-2/h4-12,15-16H,13-14,17H2,1-3H3,(H,27,29). The number of halogens is 1. The normalized spacial score (nSPS) is 11.0. The number of ether oxygens (including phenoxy) is 3. The average Bonchev–Trinajstić information content (AvgIpc) is 2.86. The van der Waals surface area contributed by atoms with Gasteiger partial charge in [-0.1, -0.05) is 23.8 Å². The second-order valence-electron chi connectivity index (χ2n) is 7.52. The summed E-state index contributed by atoms with van der Waals surface area (Å²) in [6.07, 6.45) is 0. The van der Waals surface area contributed by atoms with Crippen LogP contribution in [0.2, 0.25) is 0 Å². The van der Waals surface area contributed by atoms with Gasteiger partial charge in [-0.2, -0.15) is 0 Å². The van der Waals surface area contributed by atoms with E-state index in [1.165, 1.54) is 19.2 Å². The zero-order valence-corrected chi connectivity index (χ0v) is 22.1. The number of nitrogens with zero attached hydrogens (tertiary/aromatic N) is 1. The third kappa shape index (κ3) is 6.89. The minimum atomic E-state index is -4.05. The minimum Gasteiger partial charge on any atom is -0.497 e. The van der Waals surface area contributed by atoms with E-state index in [9.17, 15) is 13.2 Å². The molecule has 3 aromatic rings. The van der Waals surface area contributed by atoms with Crippen LogP contribution in [-0.4, -0.2) is 48.2 Å². The third-order valence-corrected chi connectivity index (χ3v) is 7.44. The minimum absolute atomic E-state index is 0.0277. The van der Waals surface area contributed by atoms with Gasteiger partial charge in [0.1, 0.15) is 30.4 Å². The molecule has 1 N–H and O–H groups in total. The van der Waals surface area contributed by atoms with E-state index in [-0.39, 0.29) is 18.0 Å². The van der Waals surface area contributed by atoms with Gasteiger partial charge >= 0.3 is 0 Å². The van der Waals surface area contributed by atoms with Crippen LogP contribution in [0.1, 0.15) is 5.56 Å². The Morgan fingerprint density at radius 1 is 0.971 bits per heavy atom. The Morgan fingerprint density at radius 2 is 1.69 bits per heavy atom. The van der Waals surface area contributed by atoms with E-state index in [4.69, 9.17) is 14.2 Å². The molecule has 0 saturated heterocycles. The quantitative estimate of drug-likeness (QED) is 0.352. The van der Waals surface area contributed by atoms with E-state index in [0.29, 0.717) is 27.4 Å². The summed E-state index contributed by atoms with van der Waals surface area (Å²) in [6, 6.07) is 18.5. The average molecular weight is 563 g/mol. The zero-order valence-electron chi connectivity index (χ0n) is 19.7. The molecular formula is C25H27BrN2O6S. The fraction of sp³-hybridized carbons (Fsp3) is 0.240. The van der Waals surface area contributed by atoms with Crippen LogP contribution in [0.25, 0.3) is 0 Å². The molecular weight excluding hydrogens is 536 g/mol. The molecule has 3 rings (SSSR count). The van der Waals surface area contributed by atoms with E-state index in [0.717, 1.165) is 9.87 Å². The lowest BCUT2D eigenvalue weighted by Gasteiger charge is -2.24. The van der Waals surface area contributed by atoms with Crippen molar-refractivity contribution in [2.24, 2.45) is 0 Å². The number of hydrogen-bond acceptors (Lipinski definition) is 6. The van der Waals surface area contributed by atoms with Crippen molar-refractivity contribution in [3.8, 4) is 17.2 Å². The molecule has 0 spiro atoms. The van der Waals surface area contributed by atoms with Crippen molar-refractivity contribution in [2.45, 2.75) is 11.8 Å². The van der Waals surface area contributed by atoms with Crippen molar-refractivity contribution in [1.29, 1.82) is 0 Å². The van der Waals surface area contributed by atoms with Crippen molar-refractivity contribution in [3.63, 3.8) is 0 Å². The first kappa shape index (κ1) is 26.4. The lowest BCUT2D eigenvalue weighted by atomic mass is 10.2. The van der Waals surface area contributed by atoms with Crippen molar-refractivity contribution in [3.05, 3.63) is 76.8 Å². The van der Waals surface area contributed by atoms with E-state index >= 15 is 0 Å². The summed E-state index contributed by atoms with van der Waals surface area (Å²) < 4.78 is 44.6. The van der Waals surface area contributed by atoms with E-state index < -0.39 is 22.5 Å². The number of aryl methyl sites for hydroxylation is 1. The molecule has 1 amide bonds. The van der Waals surface area contributed by atoms with Gasteiger partial charge in [-0.25, -0.2) is 8.42 Å². The van der Waals surface area contributed by atoms with Gasteiger partial charge in [0.05, 0.1) is 35.8 Å². The van der Waals surface area contributed by atoms with Gasteiger partial charge in [0.2, 0.25) is 5.91 Å². The summed E-state index contributed by atoms with van der Waals surface area (Å²) in [5.41, 5.74) is 1.35. The van der Waals surface area contributed by atoms with E-state index in [1.807, 2.05) is 6.92 Å². The predicted octanol–water partition coefficient (Wildman–Crippen LogP) is 4.17. The highest BCUT2D eigenvalue weighted by Crippen LogP contribution is 2.30. The van der Waals surface area contributed by atoms with Crippen LogP contribution in [0.5, 0.6) is 17.2 Å². The number of methoxy groups -OCH3 is 2. The van der Waals surface area contributed by atoms with Crippen LogP contribution >= 0.6 is 15.9 Å². The molecule has 3 aromatic carbocycles. The number of carbonyl (C=O) groups excluding carboxylic acids is 1. The number of sulfonamides is 1. The fourth-order valence-corrected chi connectivity index (χ4v) is 5.34. The maximum Gasteiger partial charge on any atom is 0.264 e. The van der Waals surface area contributed by atoms with E-state index in [2.05, 4.69) is 21.2 Å². The Balaban J connectivity index is 1.73. The Hall–Kier alpha value is -3.24. The van der Waals surface area contributed by atoms with Gasteiger partial charge in [0.25, 0.3) is 10.0 Å². The van der Waals surface area contributed by atoms with E-state index in [1.54, 1.807) is 61.7 Å². The monoisotopic (exact) mass is 562 g/mol. The summed E-state index contributed by atoms with van der Waals surface area (Å²) in [7, 11) is -0.986. The molecule has 35 heavy (non-hydrogen) atoms. The van der Waals surface area contributed by atoms with Gasteiger partial charge in [0, 0.05) is 6.07 Å². The number of rotatable bonds is 11. The second-order valence-corrected chi connectivity index (χ2v) is 10.2. The number of anilines is 1. The van der Waals surface area contributed by atoms with Gasteiger partial charge in [-0.3, -0.25) is 9.10 Å². The van der Waals surface area contributed by atoms with Gasteiger partial charge in [-0.15, -0.1) is 0 Å². The van der Waals surface area contributed by atoms with Crippen LogP contribution in [0, 0.1) is 6.92 Å². The van der Waals surface area contributed by atoms with Crippen LogP contribution in [0.15, 0.2) is 76.1 Å². The third-order valence-electron chi connectivity index (χ3n) is 5.05. The largest absolute Gasteiger partial charge is 0.497 e. The van der Waals surface area contributed by atoms with Gasteiger partial charge < -0.3 is 19.5 Å². The lowest BCUT2D eigenvalue weighted by Crippen LogP contribution is -2.41. The molecule has 0 aliphatic rings. The molecule has 0 atom stereocenters. The first-order valence-electron chi connectivity index (χ1n) is 10.7.